The molecule has 0 heterocycles. The van der Waals surface area contributed by atoms with Gasteiger partial charge in [-0.1, -0.05) is 41.6 Å². The van der Waals surface area contributed by atoms with Crippen molar-refractivity contribution in [3.05, 3.63) is 70.8 Å². The Morgan fingerprint density at radius 3 is 2.44 bits per heavy atom. The molecular weight excluding hydrogens is 320 g/mol. The summed E-state index contributed by atoms with van der Waals surface area (Å²) >= 11 is 0. The van der Waals surface area contributed by atoms with E-state index in [0.717, 1.165) is 5.56 Å². The van der Waals surface area contributed by atoms with E-state index in [0.29, 0.717) is 22.4 Å². The van der Waals surface area contributed by atoms with Gasteiger partial charge in [0.1, 0.15) is 12.3 Å². The Kier molecular flexibility index (Phi) is 6.28. The van der Waals surface area contributed by atoms with Gasteiger partial charge in [-0.15, -0.1) is 0 Å². The van der Waals surface area contributed by atoms with E-state index in [4.69, 9.17) is 4.74 Å². The fourth-order valence-corrected chi connectivity index (χ4v) is 2.40. The van der Waals surface area contributed by atoms with Crippen LogP contribution < -0.4 is 5.32 Å². The molecule has 0 bridgehead atoms. The van der Waals surface area contributed by atoms with Crippen LogP contribution in [0.1, 0.15) is 34.0 Å². The summed E-state index contributed by atoms with van der Waals surface area (Å²) in [6, 6.07) is 14.4. The second-order valence-electron chi connectivity index (χ2n) is 5.33. The maximum Gasteiger partial charge on any atom is 0.325 e. The highest BCUT2D eigenvalue weighted by molar-refractivity contribution is 6.13. The van der Waals surface area contributed by atoms with Crippen LogP contribution in [0.2, 0.25) is 0 Å². The van der Waals surface area contributed by atoms with E-state index in [1.54, 1.807) is 32.0 Å². The van der Waals surface area contributed by atoms with Crippen molar-refractivity contribution in [1.29, 1.82) is 0 Å². The molecule has 0 atom stereocenters. The molecule has 2 aromatic carbocycles. The minimum atomic E-state index is -0.482. The highest BCUT2D eigenvalue weighted by Crippen LogP contribution is 2.16. The Bertz CT molecular complexity index is 785. The molecule has 0 aromatic heterocycles. The number of nitrogens with one attached hydrogen (secondary N) is 1. The molecule has 0 unspecified atom stereocenters. The minimum absolute atomic E-state index is 0.179. The lowest BCUT2D eigenvalue weighted by Crippen LogP contribution is -2.31. The number of hydrogen-bond donors (Lipinski definition) is 2. The van der Waals surface area contributed by atoms with Crippen molar-refractivity contribution in [2.24, 2.45) is 5.16 Å². The lowest BCUT2D eigenvalue weighted by molar-refractivity contribution is -0.141. The van der Waals surface area contributed by atoms with Crippen LogP contribution in [0.15, 0.2) is 53.7 Å². The summed E-state index contributed by atoms with van der Waals surface area (Å²) in [4.78, 5) is 23.5. The van der Waals surface area contributed by atoms with Gasteiger partial charge in [-0.3, -0.25) is 9.59 Å². The number of rotatable bonds is 6. The first-order valence-electron chi connectivity index (χ1n) is 7.89. The number of amides is 1. The van der Waals surface area contributed by atoms with Gasteiger partial charge in [0.2, 0.25) is 0 Å². The third-order valence-corrected chi connectivity index (χ3v) is 3.59. The predicted octanol–water partition coefficient (Wildman–Crippen LogP) is 2.51. The third kappa shape index (κ3) is 4.67. The summed E-state index contributed by atoms with van der Waals surface area (Å²) in [6.45, 7) is 3.57. The molecule has 2 aromatic rings. The Labute approximate surface area is 146 Å². The van der Waals surface area contributed by atoms with Crippen molar-refractivity contribution in [1.82, 2.24) is 5.32 Å². The van der Waals surface area contributed by atoms with Crippen LogP contribution in [0.5, 0.6) is 0 Å². The van der Waals surface area contributed by atoms with Gasteiger partial charge in [0, 0.05) is 16.7 Å². The highest BCUT2D eigenvalue weighted by Gasteiger charge is 2.14. The van der Waals surface area contributed by atoms with Crippen LogP contribution in [0.25, 0.3) is 0 Å². The number of carbonyl (C=O) groups is 2. The maximum absolute atomic E-state index is 12.2. The van der Waals surface area contributed by atoms with Crippen molar-refractivity contribution in [3.8, 4) is 0 Å². The summed E-state index contributed by atoms with van der Waals surface area (Å²) < 4.78 is 4.78. The third-order valence-electron chi connectivity index (χ3n) is 3.59. The normalized spacial score (nSPS) is 11.0. The van der Waals surface area contributed by atoms with Crippen molar-refractivity contribution < 1.29 is 19.5 Å². The monoisotopic (exact) mass is 340 g/mol. The van der Waals surface area contributed by atoms with Gasteiger partial charge in [-0.05, 0) is 31.5 Å². The number of esters is 1. The molecule has 0 aliphatic carbocycles. The molecule has 0 aliphatic heterocycles. The van der Waals surface area contributed by atoms with Gasteiger partial charge in [-0.25, -0.2) is 0 Å². The molecule has 0 spiro atoms. The summed E-state index contributed by atoms with van der Waals surface area (Å²) in [5.74, 6) is -0.844. The average molecular weight is 340 g/mol. The van der Waals surface area contributed by atoms with Gasteiger partial charge >= 0.3 is 5.97 Å². The fraction of sp³-hybridized carbons (Fsp3) is 0.211. The summed E-state index contributed by atoms with van der Waals surface area (Å²) in [7, 11) is 0. The van der Waals surface area contributed by atoms with Crippen molar-refractivity contribution in [3.63, 3.8) is 0 Å². The van der Waals surface area contributed by atoms with E-state index in [1.807, 2.05) is 30.3 Å². The van der Waals surface area contributed by atoms with Crippen LogP contribution in [0.4, 0.5) is 0 Å². The summed E-state index contributed by atoms with van der Waals surface area (Å²) in [5, 5.41) is 15.3. The first kappa shape index (κ1) is 18.2. The highest BCUT2D eigenvalue weighted by atomic mass is 16.5. The molecule has 0 fully saturated rings. The van der Waals surface area contributed by atoms with Gasteiger partial charge in [0.05, 0.1) is 6.61 Å². The summed E-state index contributed by atoms with van der Waals surface area (Å²) in [5.41, 5.74) is 3.02. The topological polar surface area (TPSA) is 88.0 Å². The van der Waals surface area contributed by atoms with Crippen LogP contribution in [-0.4, -0.2) is 35.9 Å². The van der Waals surface area contributed by atoms with Gasteiger partial charge in [-0.2, -0.15) is 0 Å². The number of hydrogen-bond acceptors (Lipinski definition) is 5. The number of benzene rings is 2. The second kappa shape index (κ2) is 8.63. The molecule has 25 heavy (non-hydrogen) atoms. The molecule has 130 valence electrons. The fourth-order valence-electron chi connectivity index (χ4n) is 2.40. The van der Waals surface area contributed by atoms with Crippen molar-refractivity contribution in [2.45, 2.75) is 13.8 Å². The molecule has 0 saturated heterocycles. The zero-order valence-electron chi connectivity index (χ0n) is 14.2. The summed E-state index contributed by atoms with van der Waals surface area (Å²) in [6.07, 6.45) is 0. The Balaban J connectivity index is 2.17. The molecule has 2 N–H and O–H groups in total. The van der Waals surface area contributed by atoms with Gasteiger partial charge in [0.25, 0.3) is 5.91 Å². The lowest BCUT2D eigenvalue weighted by atomic mass is 9.98. The van der Waals surface area contributed by atoms with E-state index in [2.05, 4.69) is 10.5 Å². The van der Waals surface area contributed by atoms with Crippen LogP contribution in [-0.2, 0) is 9.53 Å². The lowest BCUT2D eigenvalue weighted by Gasteiger charge is -2.10. The quantitative estimate of drug-likeness (QED) is 0.366. The number of aryl methyl sites for hydroxylation is 1. The van der Waals surface area contributed by atoms with E-state index >= 15 is 0 Å². The number of nitrogens with zero attached hydrogens (tertiary/aromatic N) is 1. The van der Waals surface area contributed by atoms with Crippen LogP contribution >= 0.6 is 0 Å². The predicted molar refractivity (Wildman–Crippen MR) is 94.0 cm³/mol. The largest absolute Gasteiger partial charge is 0.465 e. The number of oxime groups is 1. The molecule has 0 radical (unpaired) electrons. The van der Waals surface area contributed by atoms with Crippen LogP contribution in [0, 0.1) is 6.92 Å². The van der Waals surface area contributed by atoms with Gasteiger partial charge < -0.3 is 15.3 Å². The number of ether oxygens (including phenoxy) is 1. The maximum atomic E-state index is 12.2. The Morgan fingerprint density at radius 1 is 1.12 bits per heavy atom. The second-order valence-corrected chi connectivity index (χ2v) is 5.33. The molecule has 2 rings (SSSR count). The van der Waals surface area contributed by atoms with Crippen molar-refractivity contribution >= 4 is 17.6 Å². The average Bonchev–Trinajstić information content (AvgIpc) is 2.62. The molecule has 0 saturated carbocycles. The first-order valence-corrected chi connectivity index (χ1v) is 7.89. The van der Waals surface area contributed by atoms with Crippen LogP contribution in [0.3, 0.4) is 0 Å². The Hall–Kier alpha value is -3.15. The molecule has 0 aliphatic rings. The minimum Gasteiger partial charge on any atom is -0.465 e. The zero-order chi connectivity index (χ0) is 18.2. The Morgan fingerprint density at radius 2 is 1.84 bits per heavy atom. The smallest absolute Gasteiger partial charge is 0.325 e. The molecule has 6 nitrogen and oxygen atoms in total. The first-order chi connectivity index (χ1) is 12.1. The number of carbonyl (C=O) groups excluding carboxylic acids is 2. The molecule has 1 amide bonds. The van der Waals surface area contributed by atoms with E-state index in [1.165, 1.54) is 0 Å². The van der Waals surface area contributed by atoms with Crippen molar-refractivity contribution in [2.75, 3.05) is 13.2 Å². The zero-order valence-corrected chi connectivity index (χ0v) is 14.2. The van der Waals surface area contributed by atoms with Gasteiger partial charge in [0.15, 0.2) is 0 Å². The SMILES string of the molecule is CCOC(=O)CNC(=O)c1ccc(C(=NO)c2ccccc2)cc1C. The standard InChI is InChI=1S/C19H20N2O4/c1-3-25-17(22)12-20-19(23)16-10-9-15(11-13(16)2)18(21-24)14-7-5-4-6-8-14/h4-11,24H,3,12H2,1-2H3,(H,20,23). The van der Waals surface area contributed by atoms with E-state index in [-0.39, 0.29) is 19.1 Å². The molecule has 6 heteroatoms. The van der Waals surface area contributed by atoms with E-state index in [9.17, 15) is 14.8 Å². The van der Waals surface area contributed by atoms with E-state index < -0.39 is 5.97 Å². The molecular formula is C19H20N2O4.